The molecule has 1 aromatic heterocycles. The number of hydrogen-bond donors (Lipinski definition) is 2. The van der Waals surface area contributed by atoms with E-state index in [1.807, 2.05) is 26.0 Å². The van der Waals surface area contributed by atoms with Gasteiger partial charge in [0.15, 0.2) is 0 Å². The van der Waals surface area contributed by atoms with Crippen molar-refractivity contribution in [1.29, 1.82) is 5.26 Å². The molecule has 2 aromatic rings. The molecule has 6 heteroatoms. The summed E-state index contributed by atoms with van der Waals surface area (Å²) in [5.74, 6) is 0.554. The molecule has 0 aliphatic heterocycles. The van der Waals surface area contributed by atoms with Crippen LogP contribution in [0.15, 0.2) is 24.3 Å². The Morgan fingerprint density at radius 3 is 2.76 bits per heavy atom. The Morgan fingerprint density at radius 2 is 2.14 bits per heavy atom. The van der Waals surface area contributed by atoms with Crippen LogP contribution in [0.1, 0.15) is 53.9 Å². The van der Waals surface area contributed by atoms with Gasteiger partial charge < -0.3 is 5.32 Å². The summed E-state index contributed by atoms with van der Waals surface area (Å²) in [6.07, 6.45) is 1.71. The van der Waals surface area contributed by atoms with Crippen LogP contribution in [0, 0.1) is 11.3 Å². The van der Waals surface area contributed by atoms with Gasteiger partial charge in [0.05, 0.1) is 17.7 Å². The molecule has 0 fully saturated rings. The second-order valence-corrected chi connectivity index (χ2v) is 4.78. The summed E-state index contributed by atoms with van der Waals surface area (Å²) in [5, 5.41) is 18.3. The van der Waals surface area contributed by atoms with E-state index in [0.717, 1.165) is 18.4 Å². The maximum absolute atomic E-state index is 12.1. The quantitative estimate of drug-likeness (QED) is 0.878. The highest BCUT2D eigenvalue weighted by atomic mass is 16.2. The van der Waals surface area contributed by atoms with Crippen molar-refractivity contribution in [2.75, 3.05) is 0 Å². The Bertz CT molecular complexity index is 653. The van der Waals surface area contributed by atoms with Crippen LogP contribution >= 0.6 is 0 Å². The zero-order valence-electron chi connectivity index (χ0n) is 12.1. The summed E-state index contributed by atoms with van der Waals surface area (Å²) < 4.78 is 0. The van der Waals surface area contributed by atoms with E-state index in [2.05, 4.69) is 26.6 Å². The fourth-order valence-corrected chi connectivity index (χ4v) is 1.94. The van der Waals surface area contributed by atoms with Crippen LogP contribution in [-0.2, 0) is 6.42 Å². The third kappa shape index (κ3) is 3.66. The largest absolute Gasteiger partial charge is 0.343 e. The predicted octanol–water partition coefficient (Wildman–Crippen LogP) is 2.12. The fourth-order valence-electron chi connectivity index (χ4n) is 1.94. The smallest absolute Gasteiger partial charge is 0.291 e. The molecule has 1 atom stereocenters. The lowest BCUT2D eigenvalue weighted by atomic mass is 10.1. The summed E-state index contributed by atoms with van der Waals surface area (Å²) in [5.41, 5.74) is 1.52. The number of hydrogen-bond acceptors (Lipinski definition) is 4. The number of carbonyl (C=O) groups excluding carboxylic acids is 1. The maximum atomic E-state index is 12.1. The lowest BCUT2D eigenvalue weighted by Gasteiger charge is -2.12. The van der Waals surface area contributed by atoms with Crippen molar-refractivity contribution >= 4 is 5.91 Å². The molecule has 1 aromatic carbocycles. The number of aryl methyl sites for hydroxylation is 1. The number of aromatic amines is 1. The van der Waals surface area contributed by atoms with Gasteiger partial charge in [0.1, 0.15) is 5.82 Å². The zero-order valence-corrected chi connectivity index (χ0v) is 12.1. The number of carbonyl (C=O) groups is 1. The van der Waals surface area contributed by atoms with Crippen LogP contribution < -0.4 is 5.32 Å². The van der Waals surface area contributed by atoms with E-state index < -0.39 is 0 Å². The van der Waals surface area contributed by atoms with Crippen molar-refractivity contribution in [2.45, 2.75) is 32.7 Å². The van der Waals surface area contributed by atoms with E-state index >= 15 is 0 Å². The first-order chi connectivity index (χ1) is 10.1. The van der Waals surface area contributed by atoms with Gasteiger partial charge in [-0.05, 0) is 31.0 Å². The Kier molecular flexibility index (Phi) is 4.67. The van der Waals surface area contributed by atoms with E-state index in [1.54, 1.807) is 12.1 Å². The van der Waals surface area contributed by atoms with E-state index in [4.69, 9.17) is 5.26 Å². The van der Waals surface area contributed by atoms with Crippen LogP contribution in [-0.4, -0.2) is 21.1 Å². The summed E-state index contributed by atoms with van der Waals surface area (Å²) in [7, 11) is 0. The molecule has 0 aliphatic carbocycles. The normalized spacial score (nSPS) is 11.7. The summed E-state index contributed by atoms with van der Waals surface area (Å²) in [6, 6.07) is 8.98. The third-order valence-electron chi connectivity index (χ3n) is 3.11. The van der Waals surface area contributed by atoms with Crippen molar-refractivity contribution < 1.29 is 4.79 Å². The van der Waals surface area contributed by atoms with Gasteiger partial charge in [-0.25, -0.2) is 4.98 Å². The second kappa shape index (κ2) is 6.66. The van der Waals surface area contributed by atoms with Crippen LogP contribution in [0.2, 0.25) is 0 Å². The molecule has 1 amide bonds. The van der Waals surface area contributed by atoms with Gasteiger partial charge in [-0.2, -0.15) is 5.26 Å². The van der Waals surface area contributed by atoms with Gasteiger partial charge in [-0.3, -0.25) is 9.89 Å². The van der Waals surface area contributed by atoms with Crippen molar-refractivity contribution in [3.8, 4) is 6.07 Å². The molecule has 6 nitrogen and oxygen atoms in total. The Hall–Kier alpha value is -2.68. The van der Waals surface area contributed by atoms with E-state index in [0.29, 0.717) is 11.4 Å². The van der Waals surface area contributed by atoms with Gasteiger partial charge in [0.25, 0.3) is 5.91 Å². The molecule has 0 saturated carbocycles. The zero-order chi connectivity index (χ0) is 15.2. The molecule has 0 saturated heterocycles. The minimum Gasteiger partial charge on any atom is -0.343 e. The van der Waals surface area contributed by atoms with Crippen LogP contribution in [0.3, 0.4) is 0 Å². The molecule has 21 heavy (non-hydrogen) atoms. The highest BCUT2D eigenvalue weighted by molar-refractivity contribution is 5.90. The van der Waals surface area contributed by atoms with E-state index in [-0.39, 0.29) is 17.8 Å². The second-order valence-electron chi connectivity index (χ2n) is 4.78. The van der Waals surface area contributed by atoms with E-state index in [1.165, 1.54) is 0 Å². The number of rotatable bonds is 5. The molecule has 2 N–H and O–H groups in total. The Balaban J connectivity index is 2.02. The standard InChI is InChI=1S/C15H17N5O/c1-3-4-13-18-14(20-19-13)15(21)17-10(2)12-7-5-11(9-16)6-8-12/h5-8,10H,3-4H2,1-2H3,(H,17,21)(H,18,19,20). The molecule has 0 aliphatic rings. The first-order valence-electron chi connectivity index (χ1n) is 6.86. The SMILES string of the molecule is CCCc1nc(C(=O)NC(C)c2ccc(C#N)cc2)n[nH]1. The number of nitriles is 1. The number of H-pyrrole nitrogens is 1. The molecular weight excluding hydrogens is 266 g/mol. The minimum absolute atomic E-state index is 0.152. The van der Waals surface area contributed by atoms with Gasteiger partial charge in [-0.15, -0.1) is 5.10 Å². The topological polar surface area (TPSA) is 94.5 Å². The average molecular weight is 283 g/mol. The fraction of sp³-hybridized carbons (Fsp3) is 0.333. The van der Waals surface area contributed by atoms with Gasteiger partial charge in [0.2, 0.25) is 5.82 Å². The average Bonchev–Trinajstić information content (AvgIpc) is 2.96. The monoisotopic (exact) mass is 283 g/mol. The summed E-state index contributed by atoms with van der Waals surface area (Å²) >= 11 is 0. The number of benzene rings is 1. The van der Waals surface area contributed by atoms with Crippen molar-refractivity contribution in [3.63, 3.8) is 0 Å². The lowest BCUT2D eigenvalue weighted by molar-refractivity contribution is 0.0929. The van der Waals surface area contributed by atoms with E-state index in [9.17, 15) is 4.79 Å². The lowest BCUT2D eigenvalue weighted by Crippen LogP contribution is -2.27. The highest BCUT2D eigenvalue weighted by Gasteiger charge is 2.15. The van der Waals surface area contributed by atoms with Crippen LogP contribution in [0.5, 0.6) is 0 Å². The third-order valence-corrected chi connectivity index (χ3v) is 3.11. The van der Waals surface area contributed by atoms with Gasteiger partial charge in [-0.1, -0.05) is 19.1 Å². The van der Waals surface area contributed by atoms with Crippen molar-refractivity contribution in [1.82, 2.24) is 20.5 Å². The molecule has 108 valence electrons. The summed E-state index contributed by atoms with van der Waals surface area (Å²) in [4.78, 5) is 16.2. The van der Waals surface area contributed by atoms with Gasteiger partial charge in [0, 0.05) is 6.42 Å². The van der Waals surface area contributed by atoms with Gasteiger partial charge >= 0.3 is 0 Å². The molecule has 1 unspecified atom stereocenters. The van der Waals surface area contributed by atoms with Crippen molar-refractivity contribution in [2.24, 2.45) is 0 Å². The predicted molar refractivity (Wildman–Crippen MR) is 77.4 cm³/mol. The first-order valence-corrected chi connectivity index (χ1v) is 6.86. The number of nitrogens with zero attached hydrogens (tertiary/aromatic N) is 3. The molecule has 0 spiro atoms. The van der Waals surface area contributed by atoms with Crippen molar-refractivity contribution in [3.05, 3.63) is 47.0 Å². The Morgan fingerprint density at radius 1 is 1.43 bits per heavy atom. The number of nitrogens with one attached hydrogen (secondary N) is 2. The molecule has 0 bridgehead atoms. The first kappa shape index (κ1) is 14.7. The highest BCUT2D eigenvalue weighted by Crippen LogP contribution is 2.13. The number of aromatic nitrogens is 3. The number of amides is 1. The molecule has 0 radical (unpaired) electrons. The molecular formula is C15H17N5O. The maximum Gasteiger partial charge on any atom is 0.291 e. The molecule has 1 heterocycles. The summed E-state index contributed by atoms with van der Waals surface area (Å²) in [6.45, 7) is 3.91. The minimum atomic E-state index is -0.314. The Labute approximate surface area is 123 Å². The molecule has 2 rings (SSSR count). The van der Waals surface area contributed by atoms with Crippen LogP contribution in [0.4, 0.5) is 0 Å². The van der Waals surface area contributed by atoms with Crippen LogP contribution in [0.25, 0.3) is 0 Å².